The number of aromatic nitrogens is 3. The molecule has 1 aliphatic carbocycles. The van der Waals surface area contributed by atoms with Crippen LogP contribution < -0.4 is 5.73 Å². The number of rotatable bonds is 3. The molecule has 98 valence electrons. The van der Waals surface area contributed by atoms with Crippen molar-refractivity contribution < 1.29 is 0 Å². The first-order chi connectivity index (χ1) is 9.26. The molecule has 2 aromatic rings. The second kappa shape index (κ2) is 5.27. The molecule has 0 spiro atoms. The Morgan fingerprint density at radius 3 is 2.79 bits per heavy atom. The van der Waals surface area contributed by atoms with E-state index in [1.807, 2.05) is 19.3 Å². The summed E-state index contributed by atoms with van der Waals surface area (Å²) in [5, 5.41) is 1.68. The third-order valence-electron chi connectivity index (χ3n) is 3.26. The predicted octanol–water partition coefficient (Wildman–Crippen LogP) is 2.28. The van der Waals surface area contributed by atoms with E-state index in [9.17, 15) is 0 Å². The molecule has 4 nitrogen and oxygen atoms in total. The average molecular weight is 272 g/mol. The van der Waals surface area contributed by atoms with Crippen molar-refractivity contribution >= 4 is 11.8 Å². The molecule has 2 N–H and O–H groups in total. The van der Waals surface area contributed by atoms with Gasteiger partial charge in [0.05, 0.1) is 0 Å². The first kappa shape index (κ1) is 12.6. The minimum absolute atomic E-state index is 0.508. The number of fused-ring (bicyclic) bond motifs is 1. The Morgan fingerprint density at radius 2 is 2.05 bits per heavy atom. The Morgan fingerprint density at radius 1 is 1.26 bits per heavy atom. The van der Waals surface area contributed by atoms with Crippen molar-refractivity contribution in [3.8, 4) is 0 Å². The predicted molar refractivity (Wildman–Crippen MR) is 75.0 cm³/mol. The van der Waals surface area contributed by atoms with E-state index in [1.165, 1.54) is 29.4 Å². The maximum Gasteiger partial charge on any atom is 0.193 e. The van der Waals surface area contributed by atoms with Gasteiger partial charge in [0, 0.05) is 24.6 Å². The first-order valence-corrected chi connectivity index (χ1v) is 7.26. The highest BCUT2D eigenvalue weighted by molar-refractivity contribution is 7.99. The summed E-state index contributed by atoms with van der Waals surface area (Å²) in [6, 6.07) is 2.20. The molecule has 0 amide bonds. The number of nitrogens with two attached hydrogens (primary N) is 1. The molecule has 0 aliphatic heterocycles. The fraction of sp³-hybridized carbons (Fsp3) is 0.357. The van der Waals surface area contributed by atoms with Gasteiger partial charge in [0.1, 0.15) is 5.03 Å². The zero-order chi connectivity index (χ0) is 13.2. The molecule has 19 heavy (non-hydrogen) atoms. The van der Waals surface area contributed by atoms with Gasteiger partial charge in [-0.25, -0.2) is 15.0 Å². The van der Waals surface area contributed by atoms with Gasteiger partial charge in [-0.2, -0.15) is 0 Å². The minimum Gasteiger partial charge on any atom is -0.326 e. The van der Waals surface area contributed by atoms with Crippen molar-refractivity contribution in [3.05, 3.63) is 40.8 Å². The standard InChI is InChI=1S/C14H16N4S/c1-9-7-16-14(17-8-9)19-13-11(6-15)5-10-3-2-4-12(10)18-13/h5,7-8H,2-4,6,15H2,1H3. The normalized spacial score (nSPS) is 13.6. The summed E-state index contributed by atoms with van der Waals surface area (Å²) in [6.45, 7) is 2.49. The van der Waals surface area contributed by atoms with Gasteiger partial charge in [0.2, 0.25) is 0 Å². The summed E-state index contributed by atoms with van der Waals surface area (Å²) in [4.78, 5) is 13.4. The van der Waals surface area contributed by atoms with Crippen LogP contribution in [0.3, 0.4) is 0 Å². The second-order valence-corrected chi connectivity index (χ2v) is 5.72. The molecule has 0 bridgehead atoms. The van der Waals surface area contributed by atoms with Crippen molar-refractivity contribution in [2.45, 2.75) is 42.9 Å². The third-order valence-corrected chi connectivity index (χ3v) is 4.20. The highest BCUT2D eigenvalue weighted by Crippen LogP contribution is 2.30. The number of hydrogen-bond donors (Lipinski definition) is 1. The maximum atomic E-state index is 5.83. The average Bonchev–Trinajstić information content (AvgIpc) is 2.87. The second-order valence-electron chi connectivity index (χ2n) is 4.76. The van der Waals surface area contributed by atoms with Gasteiger partial charge in [-0.15, -0.1) is 0 Å². The molecule has 2 heterocycles. The Balaban J connectivity index is 1.93. The van der Waals surface area contributed by atoms with E-state index in [1.54, 1.807) is 0 Å². The summed E-state index contributed by atoms with van der Waals surface area (Å²) < 4.78 is 0. The van der Waals surface area contributed by atoms with Crippen LogP contribution in [0.15, 0.2) is 28.6 Å². The van der Waals surface area contributed by atoms with Crippen LogP contribution in [-0.2, 0) is 19.4 Å². The van der Waals surface area contributed by atoms with E-state index in [4.69, 9.17) is 10.7 Å². The molecule has 0 atom stereocenters. The summed E-state index contributed by atoms with van der Waals surface area (Å²) in [5.41, 5.74) is 10.6. The lowest BCUT2D eigenvalue weighted by Gasteiger charge is -2.09. The molecular weight excluding hydrogens is 256 g/mol. The van der Waals surface area contributed by atoms with E-state index < -0.39 is 0 Å². The van der Waals surface area contributed by atoms with E-state index >= 15 is 0 Å². The molecular formula is C14H16N4S. The first-order valence-electron chi connectivity index (χ1n) is 6.44. The molecule has 0 unspecified atom stereocenters. The summed E-state index contributed by atoms with van der Waals surface area (Å²) in [5.74, 6) is 0. The topological polar surface area (TPSA) is 64.7 Å². The van der Waals surface area contributed by atoms with Gasteiger partial charge in [-0.05, 0) is 54.6 Å². The molecule has 0 aromatic carbocycles. The van der Waals surface area contributed by atoms with Crippen molar-refractivity contribution in [3.63, 3.8) is 0 Å². The largest absolute Gasteiger partial charge is 0.326 e. The summed E-state index contributed by atoms with van der Waals surface area (Å²) in [6.07, 6.45) is 7.04. The number of pyridine rings is 1. The highest BCUT2D eigenvalue weighted by atomic mass is 32.2. The third kappa shape index (κ3) is 2.62. The van der Waals surface area contributed by atoms with Crippen LogP contribution >= 0.6 is 11.8 Å². The van der Waals surface area contributed by atoms with E-state index in [-0.39, 0.29) is 0 Å². The lowest BCUT2D eigenvalue weighted by molar-refractivity contribution is 0.879. The zero-order valence-electron chi connectivity index (χ0n) is 10.9. The number of aryl methyl sites for hydroxylation is 3. The summed E-state index contributed by atoms with van der Waals surface area (Å²) in [7, 11) is 0. The molecule has 0 saturated carbocycles. The molecule has 0 radical (unpaired) electrons. The molecule has 0 fully saturated rings. The Labute approximate surface area is 116 Å². The van der Waals surface area contributed by atoms with E-state index in [0.717, 1.165) is 34.2 Å². The van der Waals surface area contributed by atoms with Crippen molar-refractivity contribution in [2.75, 3.05) is 0 Å². The van der Waals surface area contributed by atoms with Crippen LogP contribution in [0.5, 0.6) is 0 Å². The van der Waals surface area contributed by atoms with Crippen LogP contribution in [-0.4, -0.2) is 15.0 Å². The monoisotopic (exact) mass is 272 g/mol. The Bertz CT molecular complexity index is 595. The molecule has 1 aliphatic rings. The number of nitrogens with zero attached hydrogens (tertiary/aromatic N) is 3. The van der Waals surface area contributed by atoms with Crippen LogP contribution in [0.2, 0.25) is 0 Å². The minimum atomic E-state index is 0.508. The van der Waals surface area contributed by atoms with Gasteiger partial charge in [-0.3, -0.25) is 0 Å². The van der Waals surface area contributed by atoms with Gasteiger partial charge in [0.25, 0.3) is 0 Å². The Kier molecular flexibility index (Phi) is 3.48. The summed E-state index contributed by atoms with van der Waals surface area (Å²) >= 11 is 1.50. The van der Waals surface area contributed by atoms with Crippen LogP contribution in [0, 0.1) is 6.92 Å². The Hall–Kier alpha value is -1.46. The smallest absolute Gasteiger partial charge is 0.193 e. The molecule has 2 aromatic heterocycles. The highest BCUT2D eigenvalue weighted by Gasteiger charge is 2.17. The SMILES string of the molecule is Cc1cnc(Sc2nc3c(cc2CN)CCC3)nc1. The van der Waals surface area contributed by atoms with Crippen LogP contribution in [0.1, 0.15) is 28.8 Å². The van der Waals surface area contributed by atoms with Gasteiger partial charge >= 0.3 is 0 Å². The molecule has 5 heteroatoms. The van der Waals surface area contributed by atoms with Crippen molar-refractivity contribution in [1.82, 2.24) is 15.0 Å². The van der Waals surface area contributed by atoms with E-state index in [0.29, 0.717) is 6.54 Å². The number of hydrogen-bond acceptors (Lipinski definition) is 5. The van der Waals surface area contributed by atoms with Crippen LogP contribution in [0.25, 0.3) is 0 Å². The molecule has 3 rings (SSSR count). The fourth-order valence-corrected chi connectivity index (χ4v) is 3.07. The van der Waals surface area contributed by atoms with Gasteiger partial charge in [0.15, 0.2) is 5.16 Å². The van der Waals surface area contributed by atoms with Crippen LogP contribution in [0.4, 0.5) is 0 Å². The fourth-order valence-electron chi connectivity index (χ4n) is 2.26. The van der Waals surface area contributed by atoms with Gasteiger partial charge in [-0.1, -0.05) is 6.07 Å². The van der Waals surface area contributed by atoms with Crippen molar-refractivity contribution in [2.24, 2.45) is 5.73 Å². The van der Waals surface area contributed by atoms with Gasteiger partial charge < -0.3 is 5.73 Å². The van der Waals surface area contributed by atoms with E-state index in [2.05, 4.69) is 16.0 Å². The lowest BCUT2D eigenvalue weighted by atomic mass is 10.1. The molecule has 0 saturated heterocycles. The quantitative estimate of drug-likeness (QED) is 0.868. The maximum absolute atomic E-state index is 5.83. The van der Waals surface area contributed by atoms with Crippen molar-refractivity contribution in [1.29, 1.82) is 0 Å². The zero-order valence-corrected chi connectivity index (χ0v) is 11.7. The lowest BCUT2D eigenvalue weighted by Crippen LogP contribution is -2.03.